The Morgan fingerprint density at radius 2 is 1.26 bits per heavy atom. The number of sulfone groups is 1. The molecule has 3 rings (SSSR count). The zero-order valence-electron chi connectivity index (χ0n) is 27.9. The molecule has 0 saturated heterocycles. The van der Waals surface area contributed by atoms with Gasteiger partial charge in [0.2, 0.25) is 0 Å². The third-order valence-electron chi connectivity index (χ3n) is 5.71. The predicted molar refractivity (Wildman–Crippen MR) is 215 cm³/mol. The van der Waals surface area contributed by atoms with E-state index < -0.39 is 9.84 Å². The van der Waals surface area contributed by atoms with Crippen molar-refractivity contribution in [1.29, 1.82) is 0 Å². The maximum Gasteiger partial charge on any atom is 0.191 e. The number of hydrogen-bond acceptors (Lipinski definition) is 7. The van der Waals surface area contributed by atoms with E-state index in [9.17, 15) is 18.3 Å². The fourth-order valence-corrected chi connectivity index (χ4v) is 5.34. The van der Waals surface area contributed by atoms with E-state index in [0.29, 0.717) is 24.2 Å². The number of phenols is 1. The Labute approximate surface area is 310 Å². The summed E-state index contributed by atoms with van der Waals surface area (Å²) in [6, 6.07) is 21.9. The molecule has 3 aromatic rings. The Morgan fingerprint density at radius 1 is 0.804 bits per heavy atom. The molecule has 0 spiro atoms. The number of aliphatic hydroxyl groups excluding tert-OH is 1. The molecule has 3 aromatic carbocycles. The number of benzene rings is 3. The molecule has 0 radical (unpaired) electrons. The highest BCUT2D eigenvalue weighted by atomic mass is 127. The van der Waals surface area contributed by atoms with E-state index in [1.165, 1.54) is 29.1 Å². The van der Waals surface area contributed by atoms with Crippen LogP contribution in [0, 0.1) is 24.9 Å². The van der Waals surface area contributed by atoms with Crippen LogP contribution < -0.4 is 4.74 Å². The van der Waals surface area contributed by atoms with Crippen LogP contribution in [-0.4, -0.2) is 41.9 Å². The Kier molecular flexibility index (Phi) is 25.2. The van der Waals surface area contributed by atoms with E-state index in [4.69, 9.17) is 9.84 Å². The van der Waals surface area contributed by atoms with Crippen molar-refractivity contribution in [3.63, 3.8) is 0 Å². The van der Waals surface area contributed by atoms with Crippen molar-refractivity contribution in [2.24, 2.45) is 17.8 Å². The number of rotatable bonds is 9. The maximum atomic E-state index is 11.3. The summed E-state index contributed by atoms with van der Waals surface area (Å²) in [5.74, 6) is 3.89. The summed E-state index contributed by atoms with van der Waals surface area (Å²) < 4.78 is 28.1. The van der Waals surface area contributed by atoms with E-state index >= 15 is 0 Å². The minimum absolute atomic E-state index is 0. The van der Waals surface area contributed by atoms with Crippen LogP contribution in [-0.2, 0) is 26.8 Å². The van der Waals surface area contributed by atoms with E-state index in [-0.39, 0.29) is 23.7 Å². The zero-order chi connectivity index (χ0) is 34.7. The molecule has 0 bridgehead atoms. The molecule has 0 aromatic heterocycles. The summed E-state index contributed by atoms with van der Waals surface area (Å²) in [5, 5.41) is 17.9. The predicted octanol–water partition coefficient (Wildman–Crippen LogP) is 10.4. The van der Waals surface area contributed by atoms with Gasteiger partial charge < -0.3 is 14.9 Å². The van der Waals surface area contributed by atoms with Crippen LogP contribution in [0.4, 0.5) is 0 Å². The number of carbonyl (C=O) groups is 1. The van der Waals surface area contributed by atoms with Crippen molar-refractivity contribution in [3.05, 3.63) is 85.0 Å². The lowest BCUT2D eigenvalue weighted by Crippen LogP contribution is -2.10. The first-order valence-corrected chi connectivity index (χ1v) is 19.9. The molecular formula is C36H54I2O6S2. The standard InChI is InChI=1S/C16H16I2O2.C11H14OS.C4H10O2S.C4H10O.CH4/c1-10(2)7-11-3-5-12(6-4-11)20-13-8-14(17)16(19)15(18)9-13;1-9(2)11(12)13-8-10-6-4-3-5-7-10;1-4(2)7(3,5)6;1-4(2)3-5;/h3-6,8-10,19H,7H2,1-2H3;3-7,9H,8H2,1-2H3;4H,1-3H3;4-5H,3H2,1-2H3;1H4. The Morgan fingerprint density at radius 3 is 1.63 bits per heavy atom. The van der Waals surface area contributed by atoms with Gasteiger partial charge in [0.15, 0.2) is 5.12 Å². The van der Waals surface area contributed by atoms with Gasteiger partial charge in [-0.2, -0.15) is 0 Å². The minimum atomic E-state index is -2.74. The first-order valence-electron chi connectivity index (χ1n) is 14.8. The van der Waals surface area contributed by atoms with Gasteiger partial charge in [-0.15, -0.1) is 0 Å². The van der Waals surface area contributed by atoms with Gasteiger partial charge in [0.25, 0.3) is 0 Å². The molecular weight excluding hydrogens is 846 g/mol. The second kappa shape index (κ2) is 24.7. The average Bonchev–Trinajstić information content (AvgIpc) is 2.96. The lowest BCUT2D eigenvalue weighted by atomic mass is 10.0. The number of ether oxygens (including phenoxy) is 1. The van der Waals surface area contributed by atoms with Crippen molar-refractivity contribution in [1.82, 2.24) is 0 Å². The highest BCUT2D eigenvalue weighted by Crippen LogP contribution is 2.33. The van der Waals surface area contributed by atoms with Crippen LogP contribution in [0.5, 0.6) is 17.2 Å². The van der Waals surface area contributed by atoms with Crippen molar-refractivity contribution in [2.75, 3.05) is 12.9 Å². The van der Waals surface area contributed by atoms with Crippen molar-refractivity contribution < 1.29 is 28.2 Å². The molecule has 0 amide bonds. The van der Waals surface area contributed by atoms with Crippen molar-refractivity contribution in [3.8, 4) is 17.2 Å². The molecule has 46 heavy (non-hydrogen) atoms. The smallest absolute Gasteiger partial charge is 0.191 e. The Bertz CT molecular complexity index is 1340. The average molecular weight is 901 g/mol. The summed E-state index contributed by atoms with van der Waals surface area (Å²) in [7, 11) is -2.74. The molecule has 0 atom stereocenters. The second-order valence-electron chi connectivity index (χ2n) is 11.8. The van der Waals surface area contributed by atoms with Crippen LogP contribution in [0.15, 0.2) is 66.7 Å². The van der Waals surface area contributed by atoms with Gasteiger partial charge in [-0.25, -0.2) is 8.42 Å². The molecule has 10 heteroatoms. The fraction of sp³-hybridized carbons (Fsp3) is 0.472. The van der Waals surface area contributed by atoms with Crippen LogP contribution in [0.1, 0.15) is 73.9 Å². The molecule has 0 fully saturated rings. The fourth-order valence-electron chi connectivity index (χ4n) is 2.80. The summed E-state index contributed by atoms with van der Waals surface area (Å²) in [6.07, 6.45) is 2.31. The van der Waals surface area contributed by atoms with Crippen LogP contribution >= 0.6 is 56.9 Å². The summed E-state index contributed by atoms with van der Waals surface area (Å²) in [6.45, 7) is 15.9. The van der Waals surface area contributed by atoms with Crippen LogP contribution in [0.2, 0.25) is 0 Å². The van der Waals surface area contributed by atoms with Gasteiger partial charge in [0.1, 0.15) is 27.1 Å². The number of halogens is 2. The third-order valence-corrected chi connectivity index (χ3v) is 10.3. The van der Waals surface area contributed by atoms with Gasteiger partial charge in [0.05, 0.1) is 12.4 Å². The van der Waals surface area contributed by atoms with E-state index in [1.807, 2.05) is 82.3 Å². The zero-order valence-corrected chi connectivity index (χ0v) is 33.8. The van der Waals surface area contributed by atoms with Gasteiger partial charge in [-0.3, -0.25) is 4.79 Å². The van der Waals surface area contributed by atoms with Gasteiger partial charge in [-0.05, 0) is 113 Å². The normalized spacial score (nSPS) is 10.6. The SMILES string of the molecule is C.CC(C)C(=O)SCc1ccccc1.CC(C)CO.CC(C)Cc1ccc(Oc2cc(I)c(O)c(I)c2)cc1.CC(C)S(C)(=O)=O. The molecule has 0 aliphatic rings. The van der Waals surface area contributed by atoms with Crippen LogP contribution in [0.3, 0.4) is 0 Å². The molecule has 260 valence electrons. The van der Waals surface area contributed by atoms with Crippen molar-refractivity contribution >= 4 is 71.9 Å². The number of thioether (sulfide) groups is 1. The minimum Gasteiger partial charge on any atom is -0.506 e. The Balaban J connectivity index is 0. The molecule has 0 aliphatic carbocycles. The molecule has 2 N–H and O–H groups in total. The Hall–Kier alpha value is -1.35. The number of hydrogen-bond donors (Lipinski definition) is 2. The number of phenolic OH excluding ortho intramolecular Hbond substituents is 1. The monoisotopic (exact) mass is 900 g/mol. The topological polar surface area (TPSA) is 101 Å². The summed E-state index contributed by atoms with van der Waals surface area (Å²) in [4.78, 5) is 11.3. The number of aromatic hydroxyl groups is 1. The molecule has 0 saturated carbocycles. The number of carbonyl (C=O) groups excluding carboxylic acids is 1. The molecule has 6 nitrogen and oxygen atoms in total. The van der Waals surface area contributed by atoms with E-state index in [1.54, 1.807) is 13.8 Å². The first kappa shape index (κ1) is 46.8. The van der Waals surface area contributed by atoms with Crippen molar-refractivity contribution in [2.45, 2.75) is 80.2 Å². The van der Waals surface area contributed by atoms with Gasteiger partial charge in [-0.1, -0.05) is 103 Å². The summed E-state index contributed by atoms with van der Waals surface area (Å²) >= 11 is 5.60. The van der Waals surface area contributed by atoms with Gasteiger partial charge >= 0.3 is 0 Å². The van der Waals surface area contributed by atoms with E-state index in [2.05, 4.69) is 71.2 Å². The molecule has 0 heterocycles. The molecule has 0 unspecified atom stereocenters. The van der Waals surface area contributed by atoms with Crippen LogP contribution in [0.25, 0.3) is 0 Å². The highest BCUT2D eigenvalue weighted by Gasteiger charge is 2.09. The lowest BCUT2D eigenvalue weighted by Gasteiger charge is -2.10. The maximum absolute atomic E-state index is 11.3. The molecule has 0 aliphatic heterocycles. The lowest BCUT2D eigenvalue weighted by molar-refractivity contribution is -0.113. The summed E-state index contributed by atoms with van der Waals surface area (Å²) in [5.41, 5.74) is 2.53. The number of aliphatic hydroxyl groups is 1. The first-order chi connectivity index (χ1) is 20.9. The largest absolute Gasteiger partial charge is 0.506 e. The van der Waals surface area contributed by atoms with Gasteiger partial charge in [0, 0.05) is 24.5 Å². The quantitative estimate of drug-likeness (QED) is 0.206. The highest BCUT2D eigenvalue weighted by molar-refractivity contribution is 14.1. The van der Waals surface area contributed by atoms with E-state index in [0.717, 1.165) is 30.8 Å². The third kappa shape index (κ3) is 22.3. The second-order valence-corrected chi connectivity index (χ2v) is 17.7.